The summed E-state index contributed by atoms with van der Waals surface area (Å²) in [5.74, 6) is 0.0473. The van der Waals surface area contributed by atoms with Gasteiger partial charge in [0, 0.05) is 32.0 Å². The fourth-order valence-electron chi connectivity index (χ4n) is 3.85. The van der Waals surface area contributed by atoms with Gasteiger partial charge < -0.3 is 10.1 Å². The van der Waals surface area contributed by atoms with Crippen molar-refractivity contribution in [3.05, 3.63) is 0 Å². The zero-order valence-corrected chi connectivity index (χ0v) is 12.0. The molecular formula is C15H24N2O3. The Bertz CT molecular complexity index is 365. The second kappa shape index (κ2) is 5.82. The molecule has 1 saturated carbocycles. The Kier molecular flexibility index (Phi) is 4.08. The first-order valence-corrected chi connectivity index (χ1v) is 7.83. The van der Waals surface area contributed by atoms with E-state index in [1.54, 1.807) is 0 Å². The molecule has 0 bridgehead atoms. The van der Waals surface area contributed by atoms with E-state index in [1.807, 2.05) is 0 Å². The Balaban J connectivity index is 1.62. The molecule has 0 aromatic carbocycles. The number of amides is 2. The van der Waals surface area contributed by atoms with Crippen molar-refractivity contribution >= 4 is 11.8 Å². The predicted octanol–water partition coefficient (Wildman–Crippen LogP) is 1.07. The summed E-state index contributed by atoms with van der Waals surface area (Å²) in [7, 11) is 0. The van der Waals surface area contributed by atoms with E-state index < -0.39 is 0 Å². The molecule has 112 valence electrons. The zero-order chi connectivity index (χ0) is 14.0. The molecule has 3 fully saturated rings. The molecule has 2 saturated heterocycles. The summed E-state index contributed by atoms with van der Waals surface area (Å²) in [6, 6.07) is 0.0945. The third-order valence-corrected chi connectivity index (χ3v) is 4.97. The topological polar surface area (TPSA) is 58.6 Å². The third kappa shape index (κ3) is 2.88. The number of morpholine rings is 1. The number of imide groups is 1. The maximum Gasteiger partial charge on any atom is 0.229 e. The van der Waals surface area contributed by atoms with Crippen molar-refractivity contribution in [2.24, 2.45) is 5.41 Å². The molecular weight excluding hydrogens is 256 g/mol. The summed E-state index contributed by atoms with van der Waals surface area (Å²) in [5, 5.41) is 3.31. The van der Waals surface area contributed by atoms with Crippen LogP contribution in [0, 0.1) is 5.41 Å². The molecule has 1 spiro atoms. The van der Waals surface area contributed by atoms with E-state index in [0.717, 1.165) is 19.4 Å². The first kappa shape index (κ1) is 14.0. The van der Waals surface area contributed by atoms with Crippen molar-refractivity contribution in [1.29, 1.82) is 0 Å². The van der Waals surface area contributed by atoms with E-state index in [9.17, 15) is 9.59 Å². The van der Waals surface area contributed by atoms with Gasteiger partial charge in [0.1, 0.15) is 0 Å². The monoisotopic (exact) mass is 280 g/mol. The molecule has 20 heavy (non-hydrogen) atoms. The van der Waals surface area contributed by atoms with Crippen LogP contribution in [0.25, 0.3) is 0 Å². The minimum absolute atomic E-state index is 0.0145. The van der Waals surface area contributed by atoms with Gasteiger partial charge in [0.2, 0.25) is 11.8 Å². The molecule has 0 aromatic rings. The molecule has 1 N–H and O–H groups in total. The number of carbonyl (C=O) groups is 2. The molecule has 5 heteroatoms. The number of hydrogen-bond donors (Lipinski definition) is 1. The molecule has 1 unspecified atom stereocenters. The van der Waals surface area contributed by atoms with Crippen molar-refractivity contribution < 1.29 is 14.3 Å². The Morgan fingerprint density at radius 3 is 2.45 bits per heavy atom. The lowest BCUT2D eigenvalue weighted by Crippen LogP contribution is -2.55. The maximum absolute atomic E-state index is 12.4. The Morgan fingerprint density at radius 2 is 1.85 bits per heavy atom. The summed E-state index contributed by atoms with van der Waals surface area (Å²) in [5.41, 5.74) is -0.0145. The van der Waals surface area contributed by atoms with Crippen molar-refractivity contribution in [2.45, 2.75) is 51.0 Å². The van der Waals surface area contributed by atoms with Crippen LogP contribution in [0.5, 0.6) is 0 Å². The highest BCUT2D eigenvalue weighted by atomic mass is 16.5. The second-order valence-electron chi connectivity index (χ2n) is 6.54. The van der Waals surface area contributed by atoms with Crippen molar-refractivity contribution in [3.8, 4) is 0 Å². The van der Waals surface area contributed by atoms with Gasteiger partial charge in [0.15, 0.2) is 0 Å². The van der Waals surface area contributed by atoms with Crippen LogP contribution in [0.3, 0.4) is 0 Å². The van der Waals surface area contributed by atoms with Gasteiger partial charge in [-0.1, -0.05) is 19.3 Å². The van der Waals surface area contributed by atoms with Gasteiger partial charge in [-0.05, 0) is 18.3 Å². The van der Waals surface area contributed by atoms with Crippen LogP contribution in [-0.2, 0) is 14.3 Å². The van der Waals surface area contributed by atoms with Crippen LogP contribution < -0.4 is 5.32 Å². The molecule has 3 aliphatic rings. The van der Waals surface area contributed by atoms with E-state index in [4.69, 9.17) is 4.74 Å². The van der Waals surface area contributed by atoms with E-state index >= 15 is 0 Å². The van der Waals surface area contributed by atoms with Gasteiger partial charge in [-0.2, -0.15) is 0 Å². The predicted molar refractivity (Wildman–Crippen MR) is 74.1 cm³/mol. The highest BCUT2D eigenvalue weighted by molar-refractivity contribution is 5.98. The van der Waals surface area contributed by atoms with Crippen LogP contribution in [0.1, 0.15) is 44.9 Å². The lowest BCUT2D eigenvalue weighted by Gasteiger charge is -2.43. The minimum Gasteiger partial charge on any atom is -0.378 e. The summed E-state index contributed by atoms with van der Waals surface area (Å²) in [4.78, 5) is 26.2. The Hall–Kier alpha value is -0.940. The standard InChI is InChI=1S/C15H24N2O3/c18-13-8-15(4-2-1-3-5-15)9-14(19)17(13)10-12-11-20-7-6-16-12/h12,16H,1-11H2. The smallest absolute Gasteiger partial charge is 0.229 e. The fraction of sp³-hybridized carbons (Fsp3) is 0.867. The molecule has 0 aromatic heterocycles. The van der Waals surface area contributed by atoms with Gasteiger partial charge in [-0.25, -0.2) is 0 Å². The van der Waals surface area contributed by atoms with Crippen LogP contribution in [0.4, 0.5) is 0 Å². The molecule has 3 rings (SSSR count). The Morgan fingerprint density at radius 1 is 1.15 bits per heavy atom. The molecule has 2 amide bonds. The minimum atomic E-state index is -0.0145. The van der Waals surface area contributed by atoms with Crippen LogP contribution >= 0.6 is 0 Å². The van der Waals surface area contributed by atoms with E-state index in [1.165, 1.54) is 24.2 Å². The second-order valence-corrected chi connectivity index (χ2v) is 6.54. The number of nitrogens with one attached hydrogen (secondary N) is 1. The number of ether oxygens (including phenoxy) is 1. The number of rotatable bonds is 2. The first-order chi connectivity index (χ1) is 9.69. The molecule has 5 nitrogen and oxygen atoms in total. The van der Waals surface area contributed by atoms with Crippen LogP contribution in [-0.4, -0.2) is 49.1 Å². The molecule has 2 heterocycles. The number of nitrogens with zero attached hydrogens (tertiary/aromatic N) is 1. The number of piperidine rings is 1. The van der Waals surface area contributed by atoms with Gasteiger partial charge in [-0.15, -0.1) is 0 Å². The van der Waals surface area contributed by atoms with Gasteiger partial charge in [0.05, 0.1) is 13.2 Å². The van der Waals surface area contributed by atoms with E-state index in [2.05, 4.69) is 5.32 Å². The average Bonchev–Trinajstić information content (AvgIpc) is 2.45. The van der Waals surface area contributed by atoms with Crippen LogP contribution in [0.2, 0.25) is 0 Å². The van der Waals surface area contributed by atoms with Crippen molar-refractivity contribution in [3.63, 3.8) is 0 Å². The largest absolute Gasteiger partial charge is 0.378 e. The highest BCUT2D eigenvalue weighted by Gasteiger charge is 2.44. The lowest BCUT2D eigenvalue weighted by atomic mass is 9.67. The highest BCUT2D eigenvalue weighted by Crippen LogP contribution is 2.45. The van der Waals surface area contributed by atoms with Gasteiger partial charge in [-0.3, -0.25) is 14.5 Å². The summed E-state index contributed by atoms with van der Waals surface area (Å²) < 4.78 is 5.39. The Labute approximate surface area is 120 Å². The lowest BCUT2D eigenvalue weighted by molar-refractivity contribution is -0.155. The van der Waals surface area contributed by atoms with Gasteiger partial charge in [0.25, 0.3) is 0 Å². The van der Waals surface area contributed by atoms with Crippen LogP contribution in [0.15, 0.2) is 0 Å². The zero-order valence-electron chi connectivity index (χ0n) is 12.0. The number of carbonyl (C=O) groups excluding carboxylic acids is 2. The quantitative estimate of drug-likeness (QED) is 0.769. The van der Waals surface area contributed by atoms with Gasteiger partial charge >= 0.3 is 0 Å². The molecule has 1 atom stereocenters. The normalized spacial score (nSPS) is 30.8. The molecule has 0 radical (unpaired) electrons. The van der Waals surface area contributed by atoms with E-state index in [0.29, 0.717) is 32.6 Å². The summed E-state index contributed by atoms with van der Waals surface area (Å²) >= 11 is 0. The average molecular weight is 280 g/mol. The van der Waals surface area contributed by atoms with E-state index in [-0.39, 0.29) is 23.3 Å². The first-order valence-electron chi connectivity index (χ1n) is 7.83. The fourth-order valence-corrected chi connectivity index (χ4v) is 3.85. The maximum atomic E-state index is 12.4. The third-order valence-electron chi connectivity index (χ3n) is 4.97. The number of hydrogen-bond acceptors (Lipinski definition) is 4. The van der Waals surface area contributed by atoms with Crippen molar-refractivity contribution in [2.75, 3.05) is 26.3 Å². The molecule has 2 aliphatic heterocycles. The summed E-state index contributed by atoms with van der Waals surface area (Å²) in [6.45, 7) is 2.56. The summed E-state index contributed by atoms with van der Waals surface area (Å²) in [6.07, 6.45) is 6.79. The number of likely N-dealkylation sites (tertiary alicyclic amines) is 1. The van der Waals surface area contributed by atoms with Crippen molar-refractivity contribution in [1.82, 2.24) is 10.2 Å². The SMILES string of the molecule is O=C1CC2(CCCCC2)CC(=O)N1CC1COCCN1. The molecule has 1 aliphatic carbocycles.